The van der Waals surface area contributed by atoms with Crippen LogP contribution < -0.4 is 10.6 Å². The number of nitriles is 1. The van der Waals surface area contributed by atoms with E-state index in [1.807, 2.05) is 24.3 Å². The third-order valence-electron chi connectivity index (χ3n) is 3.27. The lowest BCUT2D eigenvalue weighted by Crippen LogP contribution is -2.13. The predicted molar refractivity (Wildman–Crippen MR) is 96.4 cm³/mol. The summed E-state index contributed by atoms with van der Waals surface area (Å²) in [5, 5.41) is 13.9. The van der Waals surface area contributed by atoms with Crippen molar-refractivity contribution in [1.29, 1.82) is 5.26 Å². The van der Waals surface area contributed by atoms with E-state index in [0.717, 1.165) is 10.0 Å². The quantitative estimate of drug-likeness (QED) is 0.791. The molecule has 0 heterocycles. The molecule has 24 heavy (non-hydrogen) atoms. The first-order valence-corrected chi connectivity index (χ1v) is 8.18. The number of hydrogen-bond acceptors (Lipinski definition) is 3. The third-order valence-corrected chi connectivity index (χ3v) is 4.04. The monoisotopic (exact) mass is 385 g/mol. The van der Waals surface area contributed by atoms with Crippen molar-refractivity contribution in [3.8, 4) is 6.07 Å². The second-order valence-corrected chi connectivity index (χ2v) is 5.95. The number of halogens is 1. The maximum Gasteiger partial charge on any atom is 0.238 e. The Morgan fingerprint density at radius 2 is 1.54 bits per heavy atom. The zero-order chi connectivity index (χ0) is 17.4. The van der Waals surface area contributed by atoms with Crippen LogP contribution >= 0.6 is 15.9 Å². The van der Waals surface area contributed by atoms with E-state index in [9.17, 15) is 9.59 Å². The Kier molecular flexibility index (Phi) is 6.52. The van der Waals surface area contributed by atoms with Crippen LogP contribution in [0, 0.1) is 11.3 Å². The molecule has 2 N–H and O–H groups in total. The highest BCUT2D eigenvalue weighted by atomic mass is 79.9. The summed E-state index contributed by atoms with van der Waals surface area (Å²) in [6.45, 7) is 0. The van der Waals surface area contributed by atoms with Crippen LogP contribution in [0.4, 0.5) is 11.4 Å². The van der Waals surface area contributed by atoms with Gasteiger partial charge in [-0.2, -0.15) is 5.26 Å². The predicted octanol–water partition coefficient (Wildman–Crippen LogP) is 3.87. The van der Waals surface area contributed by atoms with Crippen LogP contribution in [0.15, 0.2) is 53.0 Å². The van der Waals surface area contributed by atoms with E-state index >= 15 is 0 Å². The minimum absolute atomic E-state index is 0.0768. The second-order valence-electron chi connectivity index (χ2n) is 5.10. The van der Waals surface area contributed by atoms with Crippen LogP contribution in [0.3, 0.4) is 0 Å². The molecule has 2 aromatic carbocycles. The molecule has 0 radical (unpaired) electrons. The van der Waals surface area contributed by atoms with Gasteiger partial charge in [0.15, 0.2) is 0 Å². The van der Waals surface area contributed by atoms with E-state index in [1.54, 1.807) is 30.3 Å². The van der Waals surface area contributed by atoms with Gasteiger partial charge in [-0.15, -0.1) is 0 Å². The van der Waals surface area contributed by atoms with Crippen molar-refractivity contribution < 1.29 is 9.59 Å². The van der Waals surface area contributed by atoms with Gasteiger partial charge in [0.25, 0.3) is 0 Å². The molecule has 0 bridgehead atoms. The number of nitrogens with zero attached hydrogens (tertiary/aromatic N) is 1. The third kappa shape index (κ3) is 5.52. The second kappa shape index (κ2) is 8.85. The average molecular weight is 386 g/mol. The Hall–Kier alpha value is -2.65. The number of benzene rings is 2. The molecule has 0 aliphatic heterocycles. The molecule has 0 aromatic heterocycles. The number of rotatable bonds is 6. The number of carbonyl (C=O) groups excluding carboxylic acids is 2. The minimum Gasteiger partial charge on any atom is -0.326 e. The SMILES string of the molecule is N#CCC(=O)Nc1ccc(NC(=O)CCc2ccccc2Br)cc1. The Balaban J connectivity index is 1.85. The molecule has 0 saturated heterocycles. The maximum atomic E-state index is 12.0. The Bertz CT molecular complexity index is 767. The van der Waals surface area contributed by atoms with Crippen molar-refractivity contribution >= 4 is 39.1 Å². The first kappa shape index (κ1) is 17.7. The van der Waals surface area contributed by atoms with Gasteiger partial charge in [-0.1, -0.05) is 34.1 Å². The molecule has 2 amide bonds. The highest BCUT2D eigenvalue weighted by Gasteiger charge is 2.06. The highest BCUT2D eigenvalue weighted by Crippen LogP contribution is 2.18. The van der Waals surface area contributed by atoms with Gasteiger partial charge >= 0.3 is 0 Å². The summed E-state index contributed by atoms with van der Waals surface area (Å²) < 4.78 is 0.996. The Morgan fingerprint density at radius 3 is 2.12 bits per heavy atom. The van der Waals surface area contributed by atoms with E-state index in [2.05, 4.69) is 26.6 Å². The molecule has 0 spiro atoms. The largest absolute Gasteiger partial charge is 0.326 e. The molecule has 0 aliphatic rings. The summed E-state index contributed by atoms with van der Waals surface area (Å²) in [7, 11) is 0. The molecule has 0 saturated carbocycles. The molecule has 122 valence electrons. The molecular weight excluding hydrogens is 370 g/mol. The topological polar surface area (TPSA) is 82.0 Å². The van der Waals surface area contributed by atoms with Crippen molar-refractivity contribution in [3.05, 3.63) is 58.6 Å². The van der Waals surface area contributed by atoms with E-state index in [1.165, 1.54) is 0 Å². The number of amides is 2. The number of anilines is 2. The average Bonchev–Trinajstić information content (AvgIpc) is 2.56. The van der Waals surface area contributed by atoms with Crippen LogP contribution in [0.5, 0.6) is 0 Å². The molecule has 2 rings (SSSR count). The Morgan fingerprint density at radius 1 is 0.958 bits per heavy atom. The van der Waals surface area contributed by atoms with Gasteiger partial charge in [-0.3, -0.25) is 9.59 Å². The number of carbonyl (C=O) groups is 2. The standard InChI is InChI=1S/C18H16BrN3O2/c19-16-4-2-1-3-13(16)5-10-17(23)21-14-6-8-15(9-7-14)22-18(24)11-12-20/h1-4,6-9H,5,10-11H2,(H,21,23)(H,22,24). The van der Waals surface area contributed by atoms with Crippen LogP contribution in [-0.2, 0) is 16.0 Å². The number of nitrogens with one attached hydrogen (secondary N) is 2. The minimum atomic E-state index is -0.359. The van der Waals surface area contributed by atoms with E-state index < -0.39 is 0 Å². The smallest absolute Gasteiger partial charge is 0.238 e. The highest BCUT2D eigenvalue weighted by molar-refractivity contribution is 9.10. The molecule has 0 aliphatic carbocycles. The summed E-state index contributed by atoms with van der Waals surface area (Å²) in [6, 6.07) is 16.4. The first-order chi connectivity index (χ1) is 11.6. The van der Waals surface area contributed by atoms with Crippen molar-refractivity contribution in [2.24, 2.45) is 0 Å². The van der Waals surface area contributed by atoms with Crippen molar-refractivity contribution in [2.75, 3.05) is 10.6 Å². The van der Waals surface area contributed by atoms with Gasteiger partial charge in [-0.05, 0) is 42.3 Å². The molecule has 0 atom stereocenters. The van der Waals surface area contributed by atoms with Gasteiger partial charge in [-0.25, -0.2) is 0 Å². The van der Waals surface area contributed by atoms with Crippen molar-refractivity contribution in [3.63, 3.8) is 0 Å². The lowest BCUT2D eigenvalue weighted by molar-refractivity contribution is -0.116. The zero-order valence-corrected chi connectivity index (χ0v) is 14.5. The molecular formula is C18H16BrN3O2. The van der Waals surface area contributed by atoms with E-state index in [4.69, 9.17) is 5.26 Å². The molecule has 5 nitrogen and oxygen atoms in total. The van der Waals surface area contributed by atoms with Crippen molar-refractivity contribution in [1.82, 2.24) is 0 Å². The summed E-state index contributed by atoms with van der Waals surface area (Å²) in [5.41, 5.74) is 2.33. The summed E-state index contributed by atoms with van der Waals surface area (Å²) in [4.78, 5) is 23.3. The van der Waals surface area contributed by atoms with Gasteiger partial charge < -0.3 is 10.6 Å². The molecule has 0 fully saturated rings. The van der Waals surface area contributed by atoms with Crippen LogP contribution in [0.1, 0.15) is 18.4 Å². The summed E-state index contributed by atoms with van der Waals surface area (Å²) in [6.07, 6.45) is 0.840. The molecule has 2 aromatic rings. The zero-order valence-electron chi connectivity index (χ0n) is 12.9. The fourth-order valence-corrected chi connectivity index (χ4v) is 2.57. The fraction of sp³-hybridized carbons (Fsp3) is 0.167. The fourth-order valence-electron chi connectivity index (χ4n) is 2.09. The summed E-state index contributed by atoms with van der Waals surface area (Å²) >= 11 is 3.47. The van der Waals surface area contributed by atoms with Crippen LogP contribution in [-0.4, -0.2) is 11.8 Å². The first-order valence-electron chi connectivity index (χ1n) is 7.38. The Labute approximate surface area is 148 Å². The van der Waals surface area contributed by atoms with E-state index in [0.29, 0.717) is 24.2 Å². The lowest BCUT2D eigenvalue weighted by Gasteiger charge is -2.08. The van der Waals surface area contributed by atoms with Gasteiger partial charge in [0.05, 0.1) is 6.07 Å². The number of hydrogen-bond donors (Lipinski definition) is 2. The van der Waals surface area contributed by atoms with Gasteiger partial charge in [0.1, 0.15) is 6.42 Å². The number of aryl methyl sites for hydroxylation is 1. The van der Waals surface area contributed by atoms with E-state index in [-0.39, 0.29) is 18.2 Å². The van der Waals surface area contributed by atoms with Gasteiger partial charge in [0.2, 0.25) is 11.8 Å². The van der Waals surface area contributed by atoms with Crippen molar-refractivity contribution in [2.45, 2.75) is 19.3 Å². The molecule has 6 heteroatoms. The van der Waals surface area contributed by atoms with Gasteiger partial charge in [0, 0.05) is 22.3 Å². The lowest BCUT2D eigenvalue weighted by atomic mass is 10.1. The normalized spacial score (nSPS) is 9.83. The summed E-state index contributed by atoms with van der Waals surface area (Å²) in [5.74, 6) is -0.435. The van der Waals surface area contributed by atoms with Crippen LogP contribution in [0.25, 0.3) is 0 Å². The van der Waals surface area contributed by atoms with Crippen LogP contribution in [0.2, 0.25) is 0 Å². The maximum absolute atomic E-state index is 12.0. The molecule has 0 unspecified atom stereocenters.